The van der Waals surface area contributed by atoms with E-state index in [-0.39, 0.29) is 23.5 Å². The molecule has 2 atom stereocenters. The van der Waals surface area contributed by atoms with E-state index in [0.717, 1.165) is 12.8 Å². The Morgan fingerprint density at radius 3 is 2.79 bits per heavy atom. The van der Waals surface area contributed by atoms with Gasteiger partial charge in [0.1, 0.15) is 0 Å². The zero-order valence-electron chi connectivity index (χ0n) is 8.41. The topological polar surface area (TPSA) is 43.4 Å². The minimum Gasteiger partial charge on any atom is -0.377 e. The summed E-state index contributed by atoms with van der Waals surface area (Å²) in [6.07, 6.45) is 1.77. The van der Waals surface area contributed by atoms with E-state index in [9.17, 15) is 8.42 Å². The molecule has 3 nitrogen and oxygen atoms in total. The summed E-state index contributed by atoms with van der Waals surface area (Å²) in [5.41, 5.74) is 0. The van der Waals surface area contributed by atoms with Gasteiger partial charge in [0, 0.05) is 12.5 Å². The van der Waals surface area contributed by atoms with E-state index in [1.54, 1.807) is 0 Å². The van der Waals surface area contributed by atoms with Crippen molar-refractivity contribution in [3.8, 4) is 0 Å². The first kappa shape index (κ1) is 12.3. The molecule has 1 fully saturated rings. The lowest BCUT2D eigenvalue weighted by Gasteiger charge is -2.12. The average molecular weight is 241 g/mol. The quantitative estimate of drug-likeness (QED) is 0.684. The summed E-state index contributed by atoms with van der Waals surface area (Å²) in [4.78, 5) is 0. The monoisotopic (exact) mass is 240 g/mol. The van der Waals surface area contributed by atoms with Crippen LogP contribution in [0.25, 0.3) is 0 Å². The van der Waals surface area contributed by atoms with Crippen LogP contribution in [0.1, 0.15) is 19.8 Å². The lowest BCUT2D eigenvalue weighted by molar-refractivity contribution is 0.127. The highest BCUT2D eigenvalue weighted by Crippen LogP contribution is 2.15. The second kappa shape index (κ2) is 5.33. The molecule has 1 rings (SSSR count). The normalized spacial score (nSPS) is 25.1. The van der Waals surface area contributed by atoms with Crippen LogP contribution in [-0.2, 0) is 14.6 Å². The first-order valence-corrected chi connectivity index (χ1v) is 7.27. The summed E-state index contributed by atoms with van der Waals surface area (Å²) in [5.74, 6) is 0.762. The molecule has 1 heterocycles. The van der Waals surface area contributed by atoms with Crippen molar-refractivity contribution >= 4 is 21.4 Å². The first-order chi connectivity index (χ1) is 6.53. The van der Waals surface area contributed by atoms with Crippen molar-refractivity contribution in [1.29, 1.82) is 0 Å². The lowest BCUT2D eigenvalue weighted by Crippen LogP contribution is -2.25. The summed E-state index contributed by atoms with van der Waals surface area (Å²) in [6.45, 7) is 2.55. The molecule has 5 heteroatoms. The number of halogens is 1. The van der Waals surface area contributed by atoms with E-state index in [0.29, 0.717) is 12.5 Å². The largest absolute Gasteiger partial charge is 0.377 e. The van der Waals surface area contributed by atoms with Crippen LogP contribution in [0.5, 0.6) is 0 Å². The third-order valence-corrected chi connectivity index (χ3v) is 4.75. The van der Waals surface area contributed by atoms with Crippen LogP contribution in [0.2, 0.25) is 0 Å². The van der Waals surface area contributed by atoms with Crippen molar-refractivity contribution in [3.63, 3.8) is 0 Å². The van der Waals surface area contributed by atoms with E-state index in [1.165, 1.54) is 0 Å². The molecule has 1 aliphatic heterocycles. The van der Waals surface area contributed by atoms with Gasteiger partial charge in [0.25, 0.3) is 0 Å². The Morgan fingerprint density at radius 1 is 1.57 bits per heavy atom. The molecular formula is C9H17ClO3S. The third-order valence-electron chi connectivity index (χ3n) is 2.27. The molecule has 0 spiro atoms. The Kier molecular flexibility index (Phi) is 4.67. The third kappa shape index (κ3) is 4.15. The Bertz CT molecular complexity index is 257. The highest BCUT2D eigenvalue weighted by atomic mass is 35.5. The fourth-order valence-corrected chi connectivity index (χ4v) is 3.79. The van der Waals surface area contributed by atoms with Gasteiger partial charge in [-0.05, 0) is 18.8 Å². The molecule has 0 aliphatic carbocycles. The van der Waals surface area contributed by atoms with Crippen LogP contribution in [0.4, 0.5) is 0 Å². The Morgan fingerprint density at radius 2 is 2.29 bits per heavy atom. The molecule has 0 radical (unpaired) electrons. The molecule has 0 bridgehead atoms. The number of rotatable bonds is 5. The molecule has 0 aromatic carbocycles. The molecule has 0 aromatic heterocycles. The van der Waals surface area contributed by atoms with Crippen molar-refractivity contribution in [3.05, 3.63) is 0 Å². The Hall–Kier alpha value is 0.200. The molecular weight excluding hydrogens is 224 g/mol. The molecule has 0 N–H and O–H groups in total. The SMILES string of the molecule is CC(CCl)CS(=O)(=O)CC1CCCO1. The lowest BCUT2D eigenvalue weighted by atomic mass is 10.3. The molecule has 84 valence electrons. The molecule has 0 aromatic rings. The average Bonchev–Trinajstić information content (AvgIpc) is 2.54. The van der Waals surface area contributed by atoms with E-state index < -0.39 is 9.84 Å². The van der Waals surface area contributed by atoms with Crippen LogP contribution >= 0.6 is 11.6 Å². The number of hydrogen-bond acceptors (Lipinski definition) is 3. The maximum atomic E-state index is 11.6. The molecule has 1 aliphatic rings. The molecule has 0 saturated carbocycles. The maximum absolute atomic E-state index is 11.6. The summed E-state index contributed by atoms with van der Waals surface area (Å²) >= 11 is 5.58. The van der Waals surface area contributed by atoms with Crippen LogP contribution in [0.15, 0.2) is 0 Å². The zero-order valence-corrected chi connectivity index (χ0v) is 9.98. The molecule has 2 unspecified atom stereocenters. The Labute approximate surface area is 90.7 Å². The standard InChI is InChI=1S/C9H17ClO3S/c1-8(5-10)6-14(11,12)7-9-3-2-4-13-9/h8-9H,2-7H2,1H3. The van der Waals surface area contributed by atoms with Crippen molar-refractivity contribution < 1.29 is 13.2 Å². The number of sulfone groups is 1. The summed E-state index contributed by atoms with van der Waals surface area (Å²) < 4.78 is 28.5. The van der Waals surface area contributed by atoms with Gasteiger partial charge in [0.05, 0.1) is 17.6 Å². The molecule has 14 heavy (non-hydrogen) atoms. The second-order valence-corrected chi connectivity index (χ2v) is 6.43. The fraction of sp³-hybridized carbons (Fsp3) is 1.00. The van der Waals surface area contributed by atoms with Gasteiger partial charge in [-0.3, -0.25) is 0 Å². The van der Waals surface area contributed by atoms with Gasteiger partial charge in [-0.25, -0.2) is 8.42 Å². The predicted octanol–water partition coefficient (Wildman–Crippen LogP) is 1.46. The van der Waals surface area contributed by atoms with Gasteiger partial charge in [-0.15, -0.1) is 11.6 Å². The van der Waals surface area contributed by atoms with Crippen molar-refractivity contribution in [2.45, 2.75) is 25.9 Å². The smallest absolute Gasteiger partial charge is 0.153 e. The van der Waals surface area contributed by atoms with Crippen molar-refractivity contribution in [2.75, 3.05) is 24.0 Å². The van der Waals surface area contributed by atoms with E-state index in [1.807, 2.05) is 6.92 Å². The first-order valence-electron chi connectivity index (χ1n) is 4.91. The zero-order chi connectivity index (χ0) is 10.6. The number of alkyl halides is 1. The van der Waals surface area contributed by atoms with Crippen LogP contribution < -0.4 is 0 Å². The highest BCUT2D eigenvalue weighted by molar-refractivity contribution is 7.91. The highest BCUT2D eigenvalue weighted by Gasteiger charge is 2.24. The number of ether oxygens (including phenoxy) is 1. The van der Waals surface area contributed by atoms with Gasteiger partial charge in [-0.1, -0.05) is 6.92 Å². The van der Waals surface area contributed by atoms with Crippen LogP contribution in [0, 0.1) is 5.92 Å². The van der Waals surface area contributed by atoms with Gasteiger partial charge < -0.3 is 4.74 Å². The van der Waals surface area contributed by atoms with E-state index in [4.69, 9.17) is 16.3 Å². The number of hydrogen-bond donors (Lipinski definition) is 0. The van der Waals surface area contributed by atoms with Gasteiger partial charge in [0.15, 0.2) is 9.84 Å². The van der Waals surface area contributed by atoms with Crippen molar-refractivity contribution in [2.24, 2.45) is 5.92 Å². The van der Waals surface area contributed by atoms with Crippen LogP contribution in [0.3, 0.4) is 0 Å². The fourth-order valence-electron chi connectivity index (χ4n) is 1.61. The van der Waals surface area contributed by atoms with Crippen LogP contribution in [-0.4, -0.2) is 38.5 Å². The Balaban J connectivity index is 2.40. The second-order valence-electron chi connectivity index (χ2n) is 3.97. The molecule has 1 saturated heterocycles. The summed E-state index contributed by atoms with van der Waals surface area (Å²) in [6, 6.07) is 0. The molecule has 0 amide bonds. The van der Waals surface area contributed by atoms with E-state index in [2.05, 4.69) is 0 Å². The van der Waals surface area contributed by atoms with Gasteiger partial charge in [-0.2, -0.15) is 0 Å². The minimum absolute atomic E-state index is 0.0306. The van der Waals surface area contributed by atoms with E-state index >= 15 is 0 Å². The minimum atomic E-state index is -2.99. The van der Waals surface area contributed by atoms with Gasteiger partial charge >= 0.3 is 0 Å². The predicted molar refractivity (Wildman–Crippen MR) is 57.5 cm³/mol. The summed E-state index contributed by atoms with van der Waals surface area (Å²) in [5, 5.41) is 0. The van der Waals surface area contributed by atoms with Gasteiger partial charge in [0.2, 0.25) is 0 Å². The summed E-state index contributed by atoms with van der Waals surface area (Å²) in [7, 11) is -2.99. The van der Waals surface area contributed by atoms with Crippen molar-refractivity contribution in [1.82, 2.24) is 0 Å². The maximum Gasteiger partial charge on any atom is 0.153 e.